The van der Waals surface area contributed by atoms with Crippen LogP contribution in [0.15, 0.2) is 0 Å². The van der Waals surface area contributed by atoms with Crippen LogP contribution in [0.2, 0.25) is 0 Å². The fourth-order valence-electron chi connectivity index (χ4n) is 1.49. The first-order valence-corrected chi connectivity index (χ1v) is 4.70. The average molecular weight is 170 g/mol. The monoisotopic (exact) mass is 170 g/mol. The van der Waals surface area contributed by atoms with Crippen molar-refractivity contribution in [3.63, 3.8) is 0 Å². The molecule has 0 N–H and O–H groups in total. The largest absolute Gasteiger partial charge is 0.340 e. The second-order valence-corrected chi connectivity index (χ2v) is 3.28. The summed E-state index contributed by atoms with van der Waals surface area (Å²) in [5.41, 5.74) is 0. The molecule has 3 heteroatoms. The molecule has 0 aromatic heterocycles. The summed E-state index contributed by atoms with van der Waals surface area (Å²) in [4.78, 5) is 13.1. The molecule has 3 nitrogen and oxygen atoms in total. The molecular formula is C9H16NO2. The molecule has 1 rings (SSSR count). The van der Waals surface area contributed by atoms with Crippen molar-refractivity contribution in [2.45, 2.75) is 38.7 Å². The lowest BCUT2D eigenvalue weighted by Crippen LogP contribution is -2.41. The Balaban J connectivity index is 2.39. The van der Waals surface area contributed by atoms with Crippen molar-refractivity contribution in [2.75, 3.05) is 13.1 Å². The summed E-state index contributed by atoms with van der Waals surface area (Å²) in [6, 6.07) is 0. The van der Waals surface area contributed by atoms with E-state index >= 15 is 0 Å². The van der Waals surface area contributed by atoms with E-state index in [1.165, 1.54) is 6.42 Å². The number of amides is 1. The molecule has 1 radical (unpaired) electrons. The Kier molecular flexibility index (Phi) is 3.53. The van der Waals surface area contributed by atoms with Crippen LogP contribution in [-0.4, -0.2) is 30.0 Å². The first-order chi connectivity index (χ1) is 5.75. The minimum Gasteiger partial charge on any atom is -0.340 e. The molecule has 0 saturated carbocycles. The number of piperidine rings is 1. The summed E-state index contributed by atoms with van der Waals surface area (Å²) in [5.74, 6) is -0.197. The normalized spacial score (nSPS) is 20.7. The zero-order chi connectivity index (χ0) is 8.97. The molecule has 1 unspecified atom stereocenters. The molecule has 1 aliphatic heterocycles. The van der Waals surface area contributed by atoms with E-state index in [4.69, 9.17) is 0 Å². The molecule has 12 heavy (non-hydrogen) atoms. The minimum atomic E-state index is -1.02. The van der Waals surface area contributed by atoms with Crippen molar-refractivity contribution < 1.29 is 9.90 Å². The van der Waals surface area contributed by atoms with Crippen LogP contribution in [0.5, 0.6) is 0 Å². The molecule has 0 spiro atoms. The van der Waals surface area contributed by atoms with E-state index in [0.717, 1.165) is 25.9 Å². The lowest BCUT2D eigenvalue weighted by Gasteiger charge is -2.27. The van der Waals surface area contributed by atoms with Crippen molar-refractivity contribution in [2.24, 2.45) is 0 Å². The highest BCUT2D eigenvalue weighted by molar-refractivity contribution is 5.80. The van der Waals surface area contributed by atoms with Gasteiger partial charge >= 0.3 is 0 Å². The molecule has 1 amide bonds. The van der Waals surface area contributed by atoms with Gasteiger partial charge in [-0.1, -0.05) is 6.92 Å². The third-order valence-corrected chi connectivity index (χ3v) is 2.31. The molecule has 0 aromatic rings. The van der Waals surface area contributed by atoms with E-state index in [2.05, 4.69) is 0 Å². The SMILES string of the molecule is CCC([O])C(=O)N1CCCCC1. The molecule has 1 saturated heterocycles. The quantitative estimate of drug-likeness (QED) is 0.614. The average Bonchev–Trinajstić information content (AvgIpc) is 2.17. The number of carbonyl (C=O) groups excluding carboxylic acids is 1. The smallest absolute Gasteiger partial charge is 0.255 e. The van der Waals surface area contributed by atoms with Crippen molar-refractivity contribution in [1.82, 2.24) is 4.90 Å². The van der Waals surface area contributed by atoms with E-state index in [1.54, 1.807) is 11.8 Å². The van der Waals surface area contributed by atoms with Gasteiger partial charge in [0.25, 0.3) is 5.91 Å². The second kappa shape index (κ2) is 4.45. The van der Waals surface area contributed by atoms with Crippen molar-refractivity contribution >= 4 is 5.91 Å². The van der Waals surface area contributed by atoms with Gasteiger partial charge in [-0.2, -0.15) is 0 Å². The highest BCUT2D eigenvalue weighted by Gasteiger charge is 2.22. The van der Waals surface area contributed by atoms with Crippen LogP contribution in [0.3, 0.4) is 0 Å². The number of nitrogens with zero attached hydrogens (tertiary/aromatic N) is 1. The van der Waals surface area contributed by atoms with Gasteiger partial charge in [0, 0.05) is 13.1 Å². The summed E-state index contributed by atoms with van der Waals surface area (Å²) >= 11 is 0. The number of hydrogen-bond acceptors (Lipinski definition) is 1. The van der Waals surface area contributed by atoms with Gasteiger partial charge < -0.3 is 4.90 Å². The third kappa shape index (κ3) is 2.21. The maximum Gasteiger partial charge on any atom is 0.255 e. The molecule has 1 aliphatic rings. The van der Waals surface area contributed by atoms with Crippen LogP contribution in [0.1, 0.15) is 32.6 Å². The summed E-state index contributed by atoms with van der Waals surface area (Å²) < 4.78 is 0. The van der Waals surface area contributed by atoms with E-state index < -0.39 is 6.10 Å². The van der Waals surface area contributed by atoms with Crippen LogP contribution in [0, 0.1) is 0 Å². The van der Waals surface area contributed by atoms with Crippen molar-refractivity contribution in [3.05, 3.63) is 0 Å². The number of rotatable bonds is 2. The molecule has 0 bridgehead atoms. The molecule has 69 valence electrons. The molecular weight excluding hydrogens is 154 g/mol. The fraction of sp³-hybridized carbons (Fsp3) is 0.889. The van der Waals surface area contributed by atoms with E-state index in [-0.39, 0.29) is 5.91 Å². The predicted molar refractivity (Wildman–Crippen MR) is 45.2 cm³/mol. The van der Waals surface area contributed by atoms with Crippen molar-refractivity contribution in [1.29, 1.82) is 0 Å². The standard InChI is InChI=1S/C9H16NO2/c1-2-8(11)9(12)10-6-4-3-5-7-10/h8H,2-7H2,1H3. The van der Waals surface area contributed by atoms with Gasteiger partial charge in [0.05, 0.1) is 0 Å². The van der Waals surface area contributed by atoms with E-state index in [9.17, 15) is 9.90 Å². The molecule has 0 aliphatic carbocycles. The maximum atomic E-state index is 11.3. The van der Waals surface area contributed by atoms with Gasteiger partial charge in [-0.05, 0) is 25.7 Å². The van der Waals surface area contributed by atoms with Crippen LogP contribution in [-0.2, 0) is 9.90 Å². The molecule has 0 aromatic carbocycles. The van der Waals surface area contributed by atoms with Crippen LogP contribution >= 0.6 is 0 Å². The van der Waals surface area contributed by atoms with Crippen LogP contribution in [0.25, 0.3) is 0 Å². The fourth-order valence-corrected chi connectivity index (χ4v) is 1.49. The van der Waals surface area contributed by atoms with E-state index in [1.807, 2.05) is 0 Å². The lowest BCUT2D eigenvalue weighted by atomic mass is 10.1. The first kappa shape index (κ1) is 9.52. The topological polar surface area (TPSA) is 40.2 Å². The summed E-state index contributed by atoms with van der Waals surface area (Å²) in [6.07, 6.45) is 2.70. The Morgan fingerprint density at radius 1 is 1.33 bits per heavy atom. The lowest BCUT2D eigenvalue weighted by molar-refractivity contribution is -0.144. The van der Waals surface area contributed by atoms with Gasteiger partial charge in [-0.15, -0.1) is 0 Å². The Morgan fingerprint density at radius 3 is 2.42 bits per heavy atom. The van der Waals surface area contributed by atoms with Crippen LogP contribution < -0.4 is 0 Å². The predicted octanol–water partition coefficient (Wildman–Crippen LogP) is 1.21. The Morgan fingerprint density at radius 2 is 1.92 bits per heavy atom. The zero-order valence-corrected chi connectivity index (χ0v) is 7.58. The Labute approximate surface area is 73.4 Å². The number of likely N-dealkylation sites (tertiary alicyclic amines) is 1. The van der Waals surface area contributed by atoms with Gasteiger partial charge in [-0.25, -0.2) is 5.11 Å². The maximum absolute atomic E-state index is 11.3. The number of carbonyl (C=O) groups is 1. The Bertz CT molecular complexity index is 153. The van der Waals surface area contributed by atoms with Gasteiger partial charge in [0.15, 0.2) is 6.10 Å². The second-order valence-electron chi connectivity index (χ2n) is 3.28. The highest BCUT2D eigenvalue weighted by Crippen LogP contribution is 2.10. The highest BCUT2D eigenvalue weighted by atomic mass is 16.3. The third-order valence-electron chi connectivity index (χ3n) is 2.31. The first-order valence-electron chi connectivity index (χ1n) is 4.70. The molecule has 1 atom stereocenters. The zero-order valence-electron chi connectivity index (χ0n) is 7.58. The molecule has 1 heterocycles. The van der Waals surface area contributed by atoms with E-state index in [0.29, 0.717) is 6.42 Å². The number of hydrogen-bond donors (Lipinski definition) is 0. The summed E-state index contributed by atoms with van der Waals surface area (Å²) in [7, 11) is 0. The molecule has 1 fully saturated rings. The summed E-state index contributed by atoms with van der Waals surface area (Å²) in [5, 5.41) is 11.1. The van der Waals surface area contributed by atoms with Gasteiger partial charge in [0.2, 0.25) is 0 Å². The van der Waals surface area contributed by atoms with Gasteiger partial charge in [0.1, 0.15) is 0 Å². The Hall–Kier alpha value is -0.570. The van der Waals surface area contributed by atoms with Crippen LogP contribution in [0.4, 0.5) is 0 Å². The minimum absolute atomic E-state index is 0.197. The van der Waals surface area contributed by atoms with Gasteiger partial charge in [-0.3, -0.25) is 4.79 Å². The van der Waals surface area contributed by atoms with Crippen molar-refractivity contribution in [3.8, 4) is 0 Å². The summed E-state index contributed by atoms with van der Waals surface area (Å²) in [6.45, 7) is 3.34.